The molecule has 2 nitrogen and oxygen atoms in total. The first-order chi connectivity index (χ1) is 3.79. The maximum absolute atomic E-state index is 9.00. The number of rotatable bonds is 0. The summed E-state index contributed by atoms with van der Waals surface area (Å²) in [5.41, 5.74) is 0. The lowest BCUT2D eigenvalue weighted by Crippen LogP contribution is -2.26. The molecule has 8 heavy (non-hydrogen) atoms. The molecule has 48 valence electrons. The van der Waals surface area contributed by atoms with E-state index in [2.05, 4.69) is 0 Å². The summed E-state index contributed by atoms with van der Waals surface area (Å²) in [7, 11) is 0. The number of aliphatic hydroxyl groups excluding tert-OH is 1. The van der Waals surface area contributed by atoms with Gasteiger partial charge < -0.3 is 9.84 Å². The Labute approximate surface area is 49.5 Å². The van der Waals surface area contributed by atoms with Crippen molar-refractivity contribution < 1.29 is 9.84 Å². The molecule has 0 aromatic rings. The Morgan fingerprint density at radius 1 is 1.62 bits per heavy atom. The Bertz CT molecular complexity index is 64.9. The molecule has 1 saturated heterocycles. The minimum atomic E-state index is -0.112. The van der Waals surface area contributed by atoms with E-state index < -0.39 is 0 Å². The molecule has 1 unspecified atom stereocenters. The summed E-state index contributed by atoms with van der Waals surface area (Å²) in [4.78, 5) is 0. The number of aliphatic hydroxyl groups is 1. The maximum atomic E-state index is 9.00. The van der Waals surface area contributed by atoms with E-state index in [0.717, 1.165) is 19.4 Å². The lowest BCUT2D eigenvalue weighted by molar-refractivity contribution is -0.0340. The highest BCUT2D eigenvalue weighted by Crippen LogP contribution is 2.11. The summed E-state index contributed by atoms with van der Waals surface area (Å²) < 4.78 is 5.19. The first-order valence-corrected chi connectivity index (χ1v) is 3.08. The number of hydrogen-bond acceptors (Lipinski definition) is 2. The Morgan fingerprint density at radius 3 is 2.75 bits per heavy atom. The summed E-state index contributed by atoms with van der Waals surface area (Å²) in [5, 5.41) is 9.00. The van der Waals surface area contributed by atoms with Gasteiger partial charge in [0.2, 0.25) is 0 Å². The summed E-state index contributed by atoms with van der Waals surface area (Å²) in [6, 6.07) is 0. The van der Waals surface area contributed by atoms with Crippen LogP contribution in [0.5, 0.6) is 0 Å². The van der Waals surface area contributed by atoms with Gasteiger partial charge in [0, 0.05) is 6.61 Å². The number of hydrogen-bond donors (Lipinski definition) is 1. The van der Waals surface area contributed by atoms with Gasteiger partial charge in [-0.25, -0.2) is 0 Å². The van der Waals surface area contributed by atoms with Crippen LogP contribution >= 0.6 is 0 Å². The molecule has 0 spiro atoms. The highest BCUT2D eigenvalue weighted by molar-refractivity contribution is 4.65. The van der Waals surface area contributed by atoms with E-state index in [4.69, 9.17) is 9.84 Å². The van der Waals surface area contributed by atoms with Crippen molar-refractivity contribution in [2.24, 2.45) is 0 Å². The standard InChI is InChI=1S/C6H12O2/c1-5-4-6(7)2-3-8-5/h5-7H,2-4H2,1H3/t5-,6?/m0/s1. The lowest BCUT2D eigenvalue weighted by Gasteiger charge is -2.22. The van der Waals surface area contributed by atoms with Crippen LogP contribution in [0.1, 0.15) is 19.8 Å². The second-order valence-electron chi connectivity index (χ2n) is 2.36. The van der Waals surface area contributed by atoms with Crippen LogP contribution in [-0.4, -0.2) is 23.9 Å². The van der Waals surface area contributed by atoms with Crippen LogP contribution in [0.2, 0.25) is 0 Å². The fourth-order valence-electron chi connectivity index (χ4n) is 0.974. The molecule has 0 aromatic heterocycles. The van der Waals surface area contributed by atoms with Gasteiger partial charge in [-0.3, -0.25) is 0 Å². The van der Waals surface area contributed by atoms with Crippen molar-refractivity contribution in [1.29, 1.82) is 0 Å². The summed E-state index contributed by atoms with van der Waals surface area (Å²) in [6.45, 7) is 2.71. The molecule has 0 bridgehead atoms. The lowest BCUT2D eigenvalue weighted by atomic mass is 10.1. The minimum Gasteiger partial charge on any atom is -0.393 e. The highest BCUT2D eigenvalue weighted by Gasteiger charge is 2.15. The molecule has 0 radical (unpaired) electrons. The highest BCUT2D eigenvalue weighted by atomic mass is 16.5. The van der Waals surface area contributed by atoms with Gasteiger partial charge in [0.1, 0.15) is 0 Å². The average molecular weight is 116 g/mol. The van der Waals surface area contributed by atoms with Gasteiger partial charge in [-0.15, -0.1) is 0 Å². The van der Waals surface area contributed by atoms with E-state index in [-0.39, 0.29) is 12.2 Å². The topological polar surface area (TPSA) is 29.5 Å². The molecule has 2 heteroatoms. The first-order valence-electron chi connectivity index (χ1n) is 3.08. The van der Waals surface area contributed by atoms with Crippen LogP contribution in [-0.2, 0) is 4.74 Å². The Hall–Kier alpha value is -0.0800. The maximum Gasteiger partial charge on any atom is 0.0586 e. The van der Waals surface area contributed by atoms with Crippen molar-refractivity contribution >= 4 is 0 Å². The van der Waals surface area contributed by atoms with Crippen LogP contribution in [0, 0.1) is 0 Å². The molecule has 1 fully saturated rings. The molecule has 1 rings (SSSR count). The molecular formula is C6H12O2. The van der Waals surface area contributed by atoms with Crippen LogP contribution in [0.15, 0.2) is 0 Å². The second-order valence-corrected chi connectivity index (χ2v) is 2.36. The Morgan fingerprint density at radius 2 is 2.38 bits per heavy atom. The van der Waals surface area contributed by atoms with Gasteiger partial charge in [0.15, 0.2) is 0 Å². The zero-order valence-electron chi connectivity index (χ0n) is 5.13. The van der Waals surface area contributed by atoms with E-state index in [1.54, 1.807) is 0 Å². The van der Waals surface area contributed by atoms with Gasteiger partial charge in [0.25, 0.3) is 0 Å². The molecule has 0 aliphatic carbocycles. The van der Waals surface area contributed by atoms with Crippen LogP contribution in [0.25, 0.3) is 0 Å². The first kappa shape index (κ1) is 6.05. The fraction of sp³-hybridized carbons (Fsp3) is 1.00. The normalized spacial score (nSPS) is 39.8. The largest absolute Gasteiger partial charge is 0.393 e. The van der Waals surface area contributed by atoms with Gasteiger partial charge in [-0.05, 0) is 19.8 Å². The van der Waals surface area contributed by atoms with Crippen LogP contribution < -0.4 is 0 Å². The summed E-state index contributed by atoms with van der Waals surface area (Å²) in [5.74, 6) is 0. The van der Waals surface area contributed by atoms with E-state index in [9.17, 15) is 0 Å². The van der Waals surface area contributed by atoms with Gasteiger partial charge >= 0.3 is 0 Å². The monoisotopic (exact) mass is 116 g/mol. The molecule has 1 aliphatic heterocycles. The predicted octanol–water partition coefficient (Wildman–Crippen LogP) is 0.546. The third kappa shape index (κ3) is 1.46. The van der Waals surface area contributed by atoms with Crippen molar-refractivity contribution in [3.05, 3.63) is 0 Å². The van der Waals surface area contributed by atoms with E-state index in [0.29, 0.717) is 0 Å². The molecule has 1 heterocycles. The summed E-state index contributed by atoms with van der Waals surface area (Å²) >= 11 is 0. The smallest absolute Gasteiger partial charge is 0.0586 e. The van der Waals surface area contributed by atoms with Crippen molar-refractivity contribution in [3.63, 3.8) is 0 Å². The number of ether oxygens (including phenoxy) is 1. The van der Waals surface area contributed by atoms with Crippen molar-refractivity contribution in [3.8, 4) is 0 Å². The second kappa shape index (κ2) is 2.46. The quantitative estimate of drug-likeness (QED) is 0.500. The molecule has 0 saturated carbocycles. The van der Waals surface area contributed by atoms with Gasteiger partial charge in [0.05, 0.1) is 12.2 Å². The minimum absolute atomic E-state index is 0.112. The van der Waals surface area contributed by atoms with Crippen LogP contribution in [0.3, 0.4) is 0 Å². The van der Waals surface area contributed by atoms with E-state index in [1.165, 1.54) is 0 Å². The molecular weight excluding hydrogens is 104 g/mol. The molecule has 1 aliphatic rings. The van der Waals surface area contributed by atoms with Crippen molar-refractivity contribution in [2.45, 2.75) is 32.0 Å². The van der Waals surface area contributed by atoms with E-state index in [1.807, 2.05) is 6.92 Å². The van der Waals surface area contributed by atoms with Gasteiger partial charge in [-0.2, -0.15) is 0 Å². The third-order valence-corrected chi connectivity index (χ3v) is 1.46. The summed E-state index contributed by atoms with van der Waals surface area (Å²) in [6.07, 6.45) is 1.77. The van der Waals surface area contributed by atoms with Crippen LogP contribution in [0.4, 0.5) is 0 Å². The zero-order chi connectivity index (χ0) is 5.98. The fourth-order valence-corrected chi connectivity index (χ4v) is 0.974. The molecule has 2 atom stereocenters. The Kier molecular flexibility index (Phi) is 1.86. The SMILES string of the molecule is C[C@H]1CC(O)CCO1. The van der Waals surface area contributed by atoms with Gasteiger partial charge in [-0.1, -0.05) is 0 Å². The Balaban J connectivity index is 2.23. The molecule has 1 N–H and O–H groups in total. The van der Waals surface area contributed by atoms with E-state index >= 15 is 0 Å². The predicted molar refractivity (Wildman–Crippen MR) is 30.7 cm³/mol. The van der Waals surface area contributed by atoms with Crippen molar-refractivity contribution in [1.82, 2.24) is 0 Å². The average Bonchev–Trinajstić information content (AvgIpc) is 1.64. The zero-order valence-corrected chi connectivity index (χ0v) is 5.13. The molecule has 0 amide bonds. The third-order valence-electron chi connectivity index (χ3n) is 1.46. The van der Waals surface area contributed by atoms with Crippen molar-refractivity contribution in [2.75, 3.05) is 6.61 Å². The molecule has 0 aromatic carbocycles.